The number of hydrogen-bond acceptors (Lipinski definition) is 1. The Hall–Kier alpha value is 0.440. The first kappa shape index (κ1) is 7.44. The molecule has 0 amide bonds. The molecule has 44 valence electrons. The van der Waals surface area contributed by atoms with Crippen molar-refractivity contribution in [3.05, 3.63) is 0 Å². The van der Waals surface area contributed by atoms with Crippen LogP contribution < -0.4 is 0 Å². The summed E-state index contributed by atoms with van der Waals surface area (Å²) in [5.74, 6) is 0.458. The van der Waals surface area contributed by atoms with Gasteiger partial charge >= 0.3 is 0 Å². The lowest BCUT2D eigenvalue weighted by Gasteiger charge is -2.03. The average molecular weight is 167 g/mol. The number of rotatable bonds is 3. The molecule has 0 radical (unpaired) electrons. The van der Waals surface area contributed by atoms with E-state index in [4.69, 9.17) is 5.11 Å². The fourth-order valence-electron chi connectivity index (χ4n) is 0.287. The van der Waals surface area contributed by atoms with Gasteiger partial charge in [0.25, 0.3) is 0 Å². The molecule has 0 bridgehead atoms. The van der Waals surface area contributed by atoms with Crippen molar-refractivity contribution in [2.24, 2.45) is 5.92 Å². The SMILES string of the molecule is CCC(CO)CBr. The van der Waals surface area contributed by atoms with Gasteiger partial charge in [0.05, 0.1) is 0 Å². The lowest BCUT2D eigenvalue weighted by Crippen LogP contribution is -2.04. The molecule has 0 saturated heterocycles. The van der Waals surface area contributed by atoms with Gasteiger partial charge in [-0.1, -0.05) is 29.3 Å². The molecular formula is C5H11BrO. The minimum Gasteiger partial charge on any atom is -0.396 e. The van der Waals surface area contributed by atoms with Gasteiger partial charge in [-0.05, 0) is 5.92 Å². The number of alkyl halides is 1. The van der Waals surface area contributed by atoms with E-state index in [1.807, 2.05) is 0 Å². The van der Waals surface area contributed by atoms with E-state index in [0.29, 0.717) is 12.5 Å². The van der Waals surface area contributed by atoms with Crippen LogP contribution in [0, 0.1) is 5.92 Å². The lowest BCUT2D eigenvalue weighted by molar-refractivity contribution is 0.237. The zero-order chi connectivity index (χ0) is 5.70. The molecule has 0 aromatic carbocycles. The molecular weight excluding hydrogens is 156 g/mol. The second-order valence-corrected chi connectivity index (χ2v) is 2.26. The normalized spacial score (nSPS) is 14.1. The minimum atomic E-state index is 0.307. The van der Waals surface area contributed by atoms with Gasteiger partial charge in [-0.15, -0.1) is 0 Å². The molecule has 7 heavy (non-hydrogen) atoms. The Morgan fingerprint density at radius 3 is 2.29 bits per heavy atom. The summed E-state index contributed by atoms with van der Waals surface area (Å²) >= 11 is 3.28. The number of halogens is 1. The van der Waals surface area contributed by atoms with Gasteiger partial charge in [0.1, 0.15) is 0 Å². The van der Waals surface area contributed by atoms with Crippen LogP contribution in [0.15, 0.2) is 0 Å². The standard InChI is InChI=1S/C5H11BrO/c1-2-5(3-6)4-7/h5,7H,2-4H2,1H3. The molecule has 1 unspecified atom stereocenters. The largest absolute Gasteiger partial charge is 0.396 e. The first-order valence-corrected chi connectivity index (χ1v) is 3.64. The van der Waals surface area contributed by atoms with Crippen molar-refractivity contribution in [3.63, 3.8) is 0 Å². The zero-order valence-electron chi connectivity index (χ0n) is 4.52. The number of aliphatic hydroxyl groups is 1. The maximum absolute atomic E-state index is 8.50. The fraction of sp³-hybridized carbons (Fsp3) is 1.00. The summed E-state index contributed by atoms with van der Waals surface area (Å²) < 4.78 is 0. The summed E-state index contributed by atoms with van der Waals surface area (Å²) in [6, 6.07) is 0. The van der Waals surface area contributed by atoms with Crippen LogP contribution in [0.5, 0.6) is 0 Å². The second-order valence-electron chi connectivity index (χ2n) is 1.61. The van der Waals surface area contributed by atoms with Crippen molar-refractivity contribution in [1.29, 1.82) is 0 Å². The van der Waals surface area contributed by atoms with Crippen LogP contribution in [0.2, 0.25) is 0 Å². The van der Waals surface area contributed by atoms with Gasteiger partial charge in [0.2, 0.25) is 0 Å². The van der Waals surface area contributed by atoms with Crippen molar-refractivity contribution in [1.82, 2.24) is 0 Å². The lowest BCUT2D eigenvalue weighted by atomic mass is 10.1. The molecule has 0 aromatic heterocycles. The maximum atomic E-state index is 8.50. The number of hydrogen-bond donors (Lipinski definition) is 1. The van der Waals surface area contributed by atoms with Crippen molar-refractivity contribution in [2.75, 3.05) is 11.9 Å². The average Bonchev–Trinajstić information content (AvgIpc) is 1.72. The first-order chi connectivity index (χ1) is 3.35. The van der Waals surface area contributed by atoms with Crippen LogP contribution in [0.4, 0.5) is 0 Å². The fourth-order valence-corrected chi connectivity index (χ4v) is 0.950. The van der Waals surface area contributed by atoms with E-state index in [1.165, 1.54) is 0 Å². The molecule has 2 heteroatoms. The molecule has 0 aliphatic carbocycles. The summed E-state index contributed by atoms with van der Waals surface area (Å²) in [6.07, 6.45) is 1.06. The van der Waals surface area contributed by atoms with Crippen molar-refractivity contribution < 1.29 is 5.11 Å². The highest BCUT2D eigenvalue weighted by Crippen LogP contribution is 2.03. The summed E-state index contributed by atoms with van der Waals surface area (Å²) in [5.41, 5.74) is 0. The highest BCUT2D eigenvalue weighted by Gasteiger charge is 1.98. The summed E-state index contributed by atoms with van der Waals surface area (Å²) in [7, 11) is 0. The summed E-state index contributed by atoms with van der Waals surface area (Å²) in [4.78, 5) is 0. The molecule has 1 N–H and O–H groups in total. The van der Waals surface area contributed by atoms with Crippen LogP contribution in [-0.2, 0) is 0 Å². The maximum Gasteiger partial charge on any atom is 0.0467 e. The third-order valence-electron chi connectivity index (χ3n) is 1.05. The Morgan fingerprint density at radius 1 is 1.71 bits per heavy atom. The third kappa shape index (κ3) is 3.06. The van der Waals surface area contributed by atoms with E-state index in [2.05, 4.69) is 22.9 Å². The molecule has 0 fully saturated rings. The van der Waals surface area contributed by atoms with Gasteiger partial charge in [-0.25, -0.2) is 0 Å². The van der Waals surface area contributed by atoms with Crippen LogP contribution >= 0.6 is 15.9 Å². The van der Waals surface area contributed by atoms with E-state index >= 15 is 0 Å². The van der Waals surface area contributed by atoms with E-state index in [9.17, 15) is 0 Å². The van der Waals surface area contributed by atoms with E-state index in [0.717, 1.165) is 11.8 Å². The molecule has 0 aliphatic rings. The molecule has 0 spiro atoms. The zero-order valence-corrected chi connectivity index (χ0v) is 6.11. The van der Waals surface area contributed by atoms with Gasteiger partial charge in [0, 0.05) is 11.9 Å². The van der Waals surface area contributed by atoms with E-state index < -0.39 is 0 Å². The molecule has 0 heterocycles. The smallest absolute Gasteiger partial charge is 0.0467 e. The Morgan fingerprint density at radius 2 is 2.29 bits per heavy atom. The molecule has 0 aromatic rings. The van der Waals surface area contributed by atoms with Crippen LogP contribution in [-0.4, -0.2) is 17.0 Å². The van der Waals surface area contributed by atoms with Crippen molar-refractivity contribution >= 4 is 15.9 Å². The second kappa shape index (κ2) is 4.60. The molecule has 0 rings (SSSR count). The molecule has 1 atom stereocenters. The van der Waals surface area contributed by atoms with Crippen molar-refractivity contribution in [2.45, 2.75) is 13.3 Å². The first-order valence-electron chi connectivity index (χ1n) is 2.52. The molecule has 0 saturated carbocycles. The predicted molar refractivity (Wildman–Crippen MR) is 34.7 cm³/mol. The molecule has 0 aliphatic heterocycles. The Balaban J connectivity index is 2.99. The van der Waals surface area contributed by atoms with Gasteiger partial charge in [-0.2, -0.15) is 0 Å². The van der Waals surface area contributed by atoms with Crippen LogP contribution in [0.25, 0.3) is 0 Å². The summed E-state index contributed by atoms with van der Waals surface area (Å²) in [6.45, 7) is 2.38. The highest BCUT2D eigenvalue weighted by atomic mass is 79.9. The molecule has 1 nitrogen and oxygen atoms in total. The third-order valence-corrected chi connectivity index (χ3v) is 1.97. The quantitative estimate of drug-likeness (QED) is 0.630. The van der Waals surface area contributed by atoms with Gasteiger partial charge in [0.15, 0.2) is 0 Å². The minimum absolute atomic E-state index is 0.307. The predicted octanol–water partition coefficient (Wildman–Crippen LogP) is 1.40. The van der Waals surface area contributed by atoms with Gasteiger partial charge in [-0.3, -0.25) is 0 Å². The van der Waals surface area contributed by atoms with Crippen LogP contribution in [0.3, 0.4) is 0 Å². The summed E-state index contributed by atoms with van der Waals surface area (Å²) in [5, 5.41) is 9.41. The van der Waals surface area contributed by atoms with Crippen molar-refractivity contribution in [3.8, 4) is 0 Å². The number of aliphatic hydroxyl groups excluding tert-OH is 1. The van der Waals surface area contributed by atoms with E-state index in [1.54, 1.807) is 0 Å². The van der Waals surface area contributed by atoms with Crippen LogP contribution in [0.1, 0.15) is 13.3 Å². The Kier molecular flexibility index (Phi) is 4.88. The highest BCUT2D eigenvalue weighted by molar-refractivity contribution is 9.09. The Labute approximate surface area is 52.9 Å². The monoisotopic (exact) mass is 166 g/mol. The topological polar surface area (TPSA) is 20.2 Å². The van der Waals surface area contributed by atoms with Gasteiger partial charge < -0.3 is 5.11 Å². The Bertz CT molecular complexity index is 29.6. The van der Waals surface area contributed by atoms with E-state index in [-0.39, 0.29) is 0 Å².